The number of aryl methyl sites for hydroxylation is 1. The van der Waals surface area contributed by atoms with Gasteiger partial charge in [-0.1, -0.05) is 12.1 Å². The molecule has 1 aromatic heterocycles. The van der Waals surface area contributed by atoms with Crippen molar-refractivity contribution in [2.75, 3.05) is 5.73 Å². The third-order valence-electron chi connectivity index (χ3n) is 1.92. The lowest BCUT2D eigenvalue weighted by Gasteiger charge is -1.95. The molecule has 0 atom stereocenters. The number of nitrogen functional groups attached to an aromatic ring is 1. The van der Waals surface area contributed by atoms with Gasteiger partial charge in [0.1, 0.15) is 10.8 Å². The fourth-order valence-corrected chi connectivity index (χ4v) is 2.32. The molecule has 0 unspecified atom stereocenters. The third kappa shape index (κ3) is 1.90. The molecule has 2 N–H and O–H groups in total. The van der Waals surface area contributed by atoms with Crippen molar-refractivity contribution in [2.24, 2.45) is 0 Å². The van der Waals surface area contributed by atoms with E-state index in [1.807, 2.05) is 6.92 Å². The summed E-state index contributed by atoms with van der Waals surface area (Å²) in [7, 11) is 0. The predicted octanol–water partition coefficient (Wildman–Crippen LogP) is 3.31. The van der Waals surface area contributed by atoms with Crippen molar-refractivity contribution >= 4 is 39.7 Å². The van der Waals surface area contributed by atoms with E-state index in [9.17, 15) is 0 Å². The molecular weight excluding hydrogens is 307 g/mol. The van der Waals surface area contributed by atoms with Gasteiger partial charge in [0.25, 0.3) is 0 Å². The maximum Gasteiger partial charge on any atom is 0.138 e. The second-order valence-electron chi connectivity index (χ2n) is 2.97. The Bertz CT molecular complexity index is 428. The Labute approximate surface area is 100 Å². The minimum atomic E-state index is 0.642. The van der Waals surface area contributed by atoms with Crippen molar-refractivity contribution in [1.29, 1.82) is 0 Å². The lowest BCUT2D eigenvalue weighted by Crippen LogP contribution is -1.85. The van der Waals surface area contributed by atoms with Gasteiger partial charge in [0.15, 0.2) is 0 Å². The Kier molecular flexibility index (Phi) is 2.73. The molecular formula is C10H9IN2S. The Hall–Kier alpha value is -0.620. The van der Waals surface area contributed by atoms with E-state index < -0.39 is 0 Å². The number of nitrogens with zero attached hydrogens (tertiary/aromatic N) is 1. The van der Waals surface area contributed by atoms with Gasteiger partial charge in [-0.2, -0.15) is 0 Å². The molecule has 0 spiro atoms. The van der Waals surface area contributed by atoms with Crippen molar-refractivity contribution in [1.82, 2.24) is 4.98 Å². The number of hydrogen-bond donors (Lipinski definition) is 1. The summed E-state index contributed by atoms with van der Waals surface area (Å²) in [6.07, 6.45) is 0. The molecule has 2 nitrogen and oxygen atoms in total. The molecule has 1 aromatic carbocycles. The summed E-state index contributed by atoms with van der Waals surface area (Å²) in [4.78, 5) is 5.39. The van der Waals surface area contributed by atoms with Crippen molar-refractivity contribution in [3.05, 3.63) is 32.7 Å². The maximum atomic E-state index is 5.71. The molecule has 0 fully saturated rings. The van der Waals surface area contributed by atoms with E-state index >= 15 is 0 Å². The van der Waals surface area contributed by atoms with E-state index in [0.717, 1.165) is 15.4 Å². The van der Waals surface area contributed by atoms with Crippen LogP contribution >= 0.6 is 33.9 Å². The zero-order valence-corrected chi connectivity index (χ0v) is 10.6. The zero-order chi connectivity index (χ0) is 10.1. The minimum Gasteiger partial charge on any atom is -0.383 e. The van der Waals surface area contributed by atoms with Crippen LogP contribution in [0, 0.1) is 10.5 Å². The molecule has 0 aliphatic carbocycles. The Balaban J connectivity index is 2.44. The highest BCUT2D eigenvalue weighted by molar-refractivity contribution is 14.1. The van der Waals surface area contributed by atoms with Gasteiger partial charge < -0.3 is 5.73 Å². The lowest BCUT2D eigenvalue weighted by atomic mass is 10.2. The largest absolute Gasteiger partial charge is 0.383 e. The van der Waals surface area contributed by atoms with Crippen LogP contribution in [0.1, 0.15) is 4.88 Å². The van der Waals surface area contributed by atoms with Gasteiger partial charge in [0, 0.05) is 14.0 Å². The van der Waals surface area contributed by atoms with E-state index in [2.05, 4.69) is 51.8 Å². The molecule has 2 aromatic rings. The first kappa shape index (κ1) is 9.92. The Morgan fingerprint density at radius 3 is 2.43 bits per heavy atom. The number of rotatable bonds is 1. The summed E-state index contributed by atoms with van der Waals surface area (Å²) in [6, 6.07) is 8.28. The first-order chi connectivity index (χ1) is 6.66. The quantitative estimate of drug-likeness (QED) is 0.820. The fraction of sp³-hybridized carbons (Fsp3) is 0.100. The highest BCUT2D eigenvalue weighted by Gasteiger charge is 2.05. The van der Waals surface area contributed by atoms with Crippen LogP contribution < -0.4 is 5.73 Å². The molecule has 0 bridgehead atoms. The summed E-state index contributed by atoms with van der Waals surface area (Å²) in [6.45, 7) is 1.99. The van der Waals surface area contributed by atoms with E-state index in [-0.39, 0.29) is 0 Å². The van der Waals surface area contributed by atoms with E-state index in [4.69, 9.17) is 5.73 Å². The van der Waals surface area contributed by atoms with Crippen LogP contribution in [0.25, 0.3) is 10.6 Å². The molecule has 0 amide bonds. The average molecular weight is 316 g/mol. The Morgan fingerprint density at radius 1 is 1.29 bits per heavy atom. The van der Waals surface area contributed by atoms with Gasteiger partial charge in [-0.05, 0) is 41.6 Å². The van der Waals surface area contributed by atoms with Gasteiger partial charge in [-0.25, -0.2) is 4.98 Å². The summed E-state index contributed by atoms with van der Waals surface area (Å²) in [5, 5.41) is 0.997. The molecule has 14 heavy (non-hydrogen) atoms. The minimum absolute atomic E-state index is 0.642. The number of benzene rings is 1. The number of thiazole rings is 1. The molecule has 0 radical (unpaired) electrons. The summed E-state index contributed by atoms with van der Waals surface area (Å²) >= 11 is 3.92. The summed E-state index contributed by atoms with van der Waals surface area (Å²) < 4.78 is 1.23. The van der Waals surface area contributed by atoms with E-state index in [0.29, 0.717) is 5.82 Å². The highest BCUT2D eigenvalue weighted by atomic mass is 127. The van der Waals surface area contributed by atoms with Gasteiger partial charge in [0.2, 0.25) is 0 Å². The normalized spacial score (nSPS) is 10.4. The predicted molar refractivity (Wildman–Crippen MR) is 69.4 cm³/mol. The van der Waals surface area contributed by atoms with Crippen LogP contribution in [-0.2, 0) is 0 Å². The summed E-state index contributed by atoms with van der Waals surface area (Å²) in [5.74, 6) is 0.642. The maximum absolute atomic E-state index is 5.71. The first-order valence-electron chi connectivity index (χ1n) is 4.15. The first-order valence-corrected chi connectivity index (χ1v) is 6.05. The van der Waals surface area contributed by atoms with E-state index in [1.165, 1.54) is 3.57 Å². The molecule has 0 saturated heterocycles. The summed E-state index contributed by atoms with van der Waals surface area (Å²) in [5.41, 5.74) is 6.84. The van der Waals surface area contributed by atoms with Gasteiger partial charge >= 0.3 is 0 Å². The number of aromatic nitrogens is 1. The van der Waals surface area contributed by atoms with Crippen LogP contribution in [-0.4, -0.2) is 4.98 Å². The van der Waals surface area contributed by atoms with Crippen LogP contribution in [0.3, 0.4) is 0 Å². The standard InChI is InChI=1S/C10H9IN2S/c1-6-9(12)13-10(14-6)7-2-4-8(11)5-3-7/h2-5H,12H2,1H3. The number of halogens is 1. The van der Waals surface area contributed by atoms with E-state index in [1.54, 1.807) is 11.3 Å². The van der Waals surface area contributed by atoms with Crippen molar-refractivity contribution < 1.29 is 0 Å². The smallest absolute Gasteiger partial charge is 0.138 e. The number of hydrogen-bond acceptors (Lipinski definition) is 3. The number of nitrogens with two attached hydrogens (primary N) is 1. The molecule has 72 valence electrons. The molecule has 4 heteroatoms. The topological polar surface area (TPSA) is 38.9 Å². The van der Waals surface area contributed by atoms with Crippen LogP contribution in [0.4, 0.5) is 5.82 Å². The van der Waals surface area contributed by atoms with Crippen LogP contribution in [0.15, 0.2) is 24.3 Å². The molecule has 2 rings (SSSR count). The molecule has 1 heterocycles. The third-order valence-corrected chi connectivity index (χ3v) is 3.68. The Morgan fingerprint density at radius 2 is 1.93 bits per heavy atom. The molecule has 0 aliphatic heterocycles. The lowest BCUT2D eigenvalue weighted by molar-refractivity contribution is 1.38. The van der Waals surface area contributed by atoms with Gasteiger partial charge in [-0.15, -0.1) is 11.3 Å². The second-order valence-corrected chi connectivity index (χ2v) is 5.42. The van der Waals surface area contributed by atoms with Gasteiger partial charge in [0.05, 0.1) is 0 Å². The SMILES string of the molecule is Cc1sc(-c2ccc(I)cc2)nc1N. The van der Waals surface area contributed by atoms with Crippen LogP contribution in [0.2, 0.25) is 0 Å². The molecule has 0 saturated carbocycles. The molecule has 0 aliphatic rings. The zero-order valence-electron chi connectivity index (χ0n) is 7.62. The average Bonchev–Trinajstić information content (AvgIpc) is 2.48. The van der Waals surface area contributed by atoms with Crippen molar-refractivity contribution in [3.63, 3.8) is 0 Å². The van der Waals surface area contributed by atoms with Gasteiger partial charge in [-0.3, -0.25) is 0 Å². The van der Waals surface area contributed by atoms with Crippen molar-refractivity contribution in [2.45, 2.75) is 6.92 Å². The number of anilines is 1. The highest BCUT2D eigenvalue weighted by Crippen LogP contribution is 2.28. The van der Waals surface area contributed by atoms with Crippen molar-refractivity contribution in [3.8, 4) is 10.6 Å². The monoisotopic (exact) mass is 316 g/mol. The second kappa shape index (κ2) is 3.86. The van der Waals surface area contributed by atoms with Crippen LogP contribution in [0.5, 0.6) is 0 Å². The fourth-order valence-electron chi connectivity index (χ4n) is 1.12.